The van der Waals surface area contributed by atoms with Gasteiger partial charge in [0.25, 0.3) is 0 Å². The van der Waals surface area contributed by atoms with Gasteiger partial charge < -0.3 is 0 Å². The molecule has 3 nitrogen and oxygen atoms in total. The Kier molecular flexibility index (Phi) is 4.76. The lowest BCUT2D eigenvalue weighted by atomic mass is 10.1. The average Bonchev–Trinajstić information content (AvgIpc) is 2.58. The second kappa shape index (κ2) is 5.89. The largest absolute Gasteiger partial charge is 0.285 e. The predicted molar refractivity (Wildman–Crippen MR) is 77.3 cm³/mol. The lowest BCUT2D eigenvalue weighted by Crippen LogP contribution is -1.97. The van der Waals surface area contributed by atoms with Crippen molar-refractivity contribution in [2.24, 2.45) is 4.99 Å². The van der Waals surface area contributed by atoms with Gasteiger partial charge in [-0.25, -0.2) is 9.97 Å². The van der Waals surface area contributed by atoms with Crippen LogP contribution in [0.5, 0.6) is 0 Å². The molecule has 0 saturated heterocycles. The number of hydrogen-bond donors (Lipinski definition) is 0. The molecule has 0 atom stereocenters. The molecule has 1 aromatic rings. The molecule has 98 valence electrons. The molecule has 18 heavy (non-hydrogen) atoms. The van der Waals surface area contributed by atoms with Crippen LogP contribution in [0.25, 0.3) is 0 Å². The monoisotopic (exact) mass is 245 g/mol. The highest BCUT2D eigenvalue weighted by atomic mass is 14.9. The summed E-state index contributed by atoms with van der Waals surface area (Å²) < 4.78 is 0. The van der Waals surface area contributed by atoms with Gasteiger partial charge >= 0.3 is 0 Å². The molecule has 3 heteroatoms. The molecule has 0 radical (unpaired) electrons. The molecular weight excluding hydrogens is 222 g/mol. The second-order valence-electron chi connectivity index (χ2n) is 4.87. The minimum absolute atomic E-state index is 0.862. The maximum absolute atomic E-state index is 4.24. The Morgan fingerprint density at radius 2 is 1.28 bits per heavy atom. The van der Waals surface area contributed by atoms with E-state index >= 15 is 0 Å². The van der Waals surface area contributed by atoms with Crippen molar-refractivity contribution in [2.45, 2.75) is 48.5 Å². The van der Waals surface area contributed by atoms with E-state index in [0.29, 0.717) is 0 Å². The first-order valence-corrected chi connectivity index (χ1v) is 6.29. The van der Waals surface area contributed by atoms with E-state index in [4.69, 9.17) is 0 Å². The van der Waals surface area contributed by atoms with E-state index in [1.807, 2.05) is 27.7 Å². The van der Waals surface area contributed by atoms with Crippen LogP contribution in [0.3, 0.4) is 0 Å². The number of nitrogens with zero attached hydrogens (tertiary/aromatic N) is 3. The molecular formula is C15H23N3. The van der Waals surface area contributed by atoms with Gasteiger partial charge in [-0.15, -0.1) is 0 Å². The SMILES string of the molecule is CC1=NCC(C)=C1C.Cc1nc(C)c(C)c(C)n1. The number of hydrogen-bond acceptors (Lipinski definition) is 3. The first-order chi connectivity index (χ1) is 8.32. The zero-order valence-electron chi connectivity index (χ0n) is 12.5. The van der Waals surface area contributed by atoms with Gasteiger partial charge in [-0.1, -0.05) is 0 Å². The van der Waals surface area contributed by atoms with Crippen LogP contribution in [0.2, 0.25) is 0 Å². The average molecular weight is 245 g/mol. The van der Waals surface area contributed by atoms with Gasteiger partial charge in [0.1, 0.15) is 5.82 Å². The Morgan fingerprint density at radius 1 is 0.778 bits per heavy atom. The van der Waals surface area contributed by atoms with Crippen LogP contribution in [0, 0.1) is 27.7 Å². The van der Waals surface area contributed by atoms with Crippen molar-refractivity contribution in [1.29, 1.82) is 0 Å². The third-order valence-electron chi connectivity index (χ3n) is 3.48. The summed E-state index contributed by atoms with van der Waals surface area (Å²) in [6.07, 6.45) is 0. The lowest BCUT2D eigenvalue weighted by molar-refractivity contribution is 0.948. The molecule has 1 aromatic heterocycles. The molecule has 1 aliphatic heterocycles. The number of aryl methyl sites for hydroxylation is 3. The molecule has 0 amide bonds. The van der Waals surface area contributed by atoms with Gasteiger partial charge in [-0.3, -0.25) is 4.99 Å². The van der Waals surface area contributed by atoms with Crippen molar-refractivity contribution >= 4 is 5.71 Å². The van der Waals surface area contributed by atoms with E-state index in [1.165, 1.54) is 22.4 Å². The fourth-order valence-electron chi connectivity index (χ4n) is 1.72. The quantitative estimate of drug-likeness (QED) is 0.701. The molecule has 0 bridgehead atoms. The molecule has 0 aromatic carbocycles. The minimum Gasteiger partial charge on any atom is -0.285 e. The van der Waals surface area contributed by atoms with Crippen molar-refractivity contribution in [1.82, 2.24) is 9.97 Å². The summed E-state index contributed by atoms with van der Waals surface area (Å²) in [7, 11) is 0. The molecule has 0 aliphatic carbocycles. The van der Waals surface area contributed by atoms with Crippen molar-refractivity contribution in [3.63, 3.8) is 0 Å². The van der Waals surface area contributed by atoms with Crippen LogP contribution >= 0.6 is 0 Å². The molecule has 0 spiro atoms. The van der Waals surface area contributed by atoms with E-state index in [0.717, 1.165) is 23.8 Å². The van der Waals surface area contributed by atoms with Gasteiger partial charge in [0.05, 0.1) is 6.54 Å². The summed E-state index contributed by atoms with van der Waals surface area (Å²) in [5, 5.41) is 0. The zero-order valence-corrected chi connectivity index (χ0v) is 12.5. The Labute approximate surface area is 110 Å². The molecule has 0 N–H and O–H groups in total. The molecule has 0 fully saturated rings. The number of allylic oxidation sites excluding steroid dienone is 1. The van der Waals surface area contributed by atoms with Crippen molar-refractivity contribution in [2.75, 3.05) is 6.54 Å². The van der Waals surface area contributed by atoms with Crippen LogP contribution < -0.4 is 0 Å². The number of rotatable bonds is 0. The standard InChI is InChI=1S/C8H12N2.C7H11N/c1-5-6(2)9-8(4)10-7(5)3;1-5-4-8-7(3)6(5)2/h1-4H3;4H2,1-3H3. The molecule has 2 rings (SSSR count). The van der Waals surface area contributed by atoms with Crippen molar-refractivity contribution in [3.8, 4) is 0 Å². The summed E-state index contributed by atoms with van der Waals surface area (Å²) in [5.74, 6) is 0.862. The topological polar surface area (TPSA) is 38.1 Å². The Bertz CT molecular complexity index is 482. The first-order valence-electron chi connectivity index (χ1n) is 6.29. The predicted octanol–water partition coefficient (Wildman–Crippen LogP) is 3.51. The van der Waals surface area contributed by atoms with Gasteiger partial charge in [-0.05, 0) is 65.2 Å². The maximum atomic E-state index is 4.24. The van der Waals surface area contributed by atoms with Crippen molar-refractivity contribution in [3.05, 3.63) is 33.9 Å². The summed E-state index contributed by atoms with van der Waals surface area (Å²) in [6.45, 7) is 15.2. The second-order valence-corrected chi connectivity index (χ2v) is 4.87. The highest BCUT2D eigenvalue weighted by molar-refractivity contribution is 6.00. The van der Waals surface area contributed by atoms with E-state index in [1.54, 1.807) is 0 Å². The normalized spacial score (nSPS) is 14.3. The van der Waals surface area contributed by atoms with Crippen LogP contribution in [0.1, 0.15) is 43.5 Å². The lowest BCUT2D eigenvalue weighted by Gasteiger charge is -2.02. The van der Waals surface area contributed by atoms with Crippen LogP contribution in [0.15, 0.2) is 16.1 Å². The highest BCUT2D eigenvalue weighted by Crippen LogP contribution is 2.12. The van der Waals surface area contributed by atoms with Gasteiger partial charge in [0.2, 0.25) is 0 Å². The summed E-state index contributed by atoms with van der Waals surface area (Å²) in [5.41, 5.74) is 7.38. The van der Waals surface area contributed by atoms with Crippen LogP contribution in [0.4, 0.5) is 0 Å². The van der Waals surface area contributed by atoms with E-state index in [-0.39, 0.29) is 0 Å². The molecule has 0 saturated carbocycles. The third-order valence-corrected chi connectivity index (χ3v) is 3.48. The zero-order chi connectivity index (χ0) is 13.9. The first kappa shape index (κ1) is 14.6. The van der Waals surface area contributed by atoms with Crippen molar-refractivity contribution < 1.29 is 0 Å². The number of aliphatic imine (C=N–C) groups is 1. The Hall–Kier alpha value is -1.51. The molecule has 2 heterocycles. The highest BCUT2D eigenvalue weighted by Gasteiger charge is 2.05. The molecule has 1 aliphatic rings. The van der Waals surface area contributed by atoms with Gasteiger partial charge in [0.15, 0.2) is 0 Å². The van der Waals surface area contributed by atoms with Gasteiger partial charge in [0, 0.05) is 17.1 Å². The van der Waals surface area contributed by atoms with E-state index < -0.39 is 0 Å². The van der Waals surface area contributed by atoms with Crippen LogP contribution in [-0.4, -0.2) is 22.2 Å². The Morgan fingerprint density at radius 3 is 1.56 bits per heavy atom. The smallest absolute Gasteiger partial charge is 0.125 e. The molecule has 0 unspecified atom stereocenters. The summed E-state index contributed by atoms with van der Waals surface area (Å²) in [6, 6.07) is 0. The Balaban J connectivity index is 0.000000184. The summed E-state index contributed by atoms with van der Waals surface area (Å²) in [4.78, 5) is 12.7. The minimum atomic E-state index is 0.862. The van der Waals surface area contributed by atoms with Gasteiger partial charge in [-0.2, -0.15) is 0 Å². The van der Waals surface area contributed by atoms with E-state index in [9.17, 15) is 0 Å². The fourth-order valence-corrected chi connectivity index (χ4v) is 1.72. The maximum Gasteiger partial charge on any atom is 0.125 e. The fraction of sp³-hybridized carbons (Fsp3) is 0.533. The third kappa shape index (κ3) is 3.49. The number of aromatic nitrogens is 2. The van der Waals surface area contributed by atoms with E-state index in [2.05, 4.69) is 35.7 Å². The summed E-state index contributed by atoms with van der Waals surface area (Å²) >= 11 is 0. The van der Waals surface area contributed by atoms with Crippen LogP contribution in [-0.2, 0) is 0 Å².